The number of esters is 1. The highest BCUT2D eigenvalue weighted by molar-refractivity contribution is 8.45. The highest BCUT2D eigenvalue weighted by Gasteiger charge is 2.66. The Balaban J connectivity index is 1.68. The lowest BCUT2D eigenvalue weighted by molar-refractivity contribution is -0.769. The molecule has 18 heteroatoms. The first kappa shape index (κ1) is 27.2. The summed E-state index contributed by atoms with van der Waals surface area (Å²) in [5, 5.41) is 9.44. The molecule has 0 radical (unpaired) electrons. The molecule has 3 aliphatic rings. The summed E-state index contributed by atoms with van der Waals surface area (Å²) in [4.78, 5) is 25.3. The molecule has 2 fully saturated rings. The van der Waals surface area contributed by atoms with Crippen LogP contribution in [-0.4, -0.2) is 61.0 Å². The number of aryl methyl sites for hydroxylation is 1. The molecule has 1 aromatic carbocycles. The van der Waals surface area contributed by atoms with Gasteiger partial charge in [-0.2, -0.15) is 13.2 Å². The SMILES string of the molecule is CCc1cc(S(F)(F)(F)(F)F)cc2c1O[C@H](C(F)(F)F)C(C(=O)O[C@H]1CO[C@H]3[C@@H]1OC[C@H]3O[N+](=O)[O-])=C2. The first-order chi connectivity index (χ1) is 16.8. The molecule has 37 heavy (non-hydrogen) atoms. The van der Waals surface area contributed by atoms with Gasteiger partial charge >= 0.3 is 22.4 Å². The Morgan fingerprint density at radius 2 is 1.70 bits per heavy atom. The van der Waals surface area contributed by atoms with Gasteiger partial charge in [-0.15, -0.1) is 10.1 Å². The molecule has 1 aromatic rings. The highest BCUT2D eigenvalue weighted by atomic mass is 32.5. The summed E-state index contributed by atoms with van der Waals surface area (Å²) in [7, 11) is -10.2. The van der Waals surface area contributed by atoms with Crippen LogP contribution >= 0.6 is 10.2 Å². The molecule has 0 aliphatic carbocycles. The van der Waals surface area contributed by atoms with Gasteiger partial charge < -0.3 is 23.8 Å². The fraction of sp³-hybridized carbons (Fsp3) is 0.526. The third-order valence-corrected chi connectivity index (χ3v) is 6.93. The molecule has 0 amide bonds. The van der Waals surface area contributed by atoms with Crippen LogP contribution in [0.5, 0.6) is 5.75 Å². The van der Waals surface area contributed by atoms with E-state index < -0.39 is 98.3 Å². The van der Waals surface area contributed by atoms with E-state index in [4.69, 9.17) is 18.9 Å². The van der Waals surface area contributed by atoms with Gasteiger partial charge in [-0.05, 0) is 30.2 Å². The van der Waals surface area contributed by atoms with E-state index in [0.29, 0.717) is 6.08 Å². The van der Waals surface area contributed by atoms with Crippen molar-refractivity contribution in [1.82, 2.24) is 0 Å². The van der Waals surface area contributed by atoms with E-state index >= 15 is 0 Å². The van der Waals surface area contributed by atoms with Crippen molar-refractivity contribution >= 4 is 22.3 Å². The van der Waals surface area contributed by atoms with Crippen LogP contribution in [0.25, 0.3) is 6.08 Å². The monoisotopic (exact) mass is 571 g/mol. The Morgan fingerprint density at radius 3 is 2.24 bits per heavy atom. The van der Waals surface area contributed by atoms with Crippen LogP contribution < -0.4 is 4.74 Å². The van der Waals surface area contributed by atoms with E-state index in [1.807, 2.05) is 0 Å². The van der Waals surface area contributed by atoms with Crippen LogP contribution in [0, 0.1) is 10.1 Å². The maximum Gasteiger partial charge on any atom is 0.430 e. The fourth-order valence-corrected chi connectivity index (χ4v) is 4.90. The van der Waals surface area contributed by atoms with Crippen LogP contribution in [0.2, 0.25) is 0 Å². The van der Waals surface area contributed by atoms with Crippen LogP contribution in [0.15, 0.2) is 22.6 Å². The first-order valence-corrected chi connectivity index (χ1v) is 12.3. The number of carbonyl (C=O) groups is 1. The molecule has 3 aliphatic heterocycles. The van der Waals surface area contributed by atoms with Crippen molar-refractivity contribution in [3.8, 4) is 5.75 Å². The van der Waals surface area contributed by atoms with Crippen LogP contribution in [0.4, 0.5) is 32.6 Å². The normalized spacial score (nSPS) is 29.2. The minimum atomic E-state index is -10.2. The van der Waals surface area contributed by atoms with E-state index in [9.17, 15) is 47.5 Å². The molecule has 0 aromatic heterocycles. The molecule has 0 bridgehead atoms. The average Bonchev–Trinajstić information content (AvgIpc) is 3.32. The van der Waals surface area contributed by atoms with Crippen molar-refractivity contribution in [2.24, 2.45) is 0 Å². The number of benzene rings is 1. The maximum atomic E-state index is 13.8. The predicted molar refractivity (Wildman–Crippen MR) is 107 cm³/mol. The van der Waals surface area contributed by atoms with E-state index in [0.717, 1.165) is 0 Å². The minimum absolute atomic E-state index is 0.0157. The zero-order valence-electron chi connectivity index (χ0n) is 18.4. The lowest BCUT2D eigenvalue weighted by Crippen LogP contribution is -2.43. The third-order valence-electron chi connectivity index (χ3n) is 5.80. The molecular weight excluding hydrogens is 554 g/mol. The Labute approximate surface area is 202 Å². The van der Waals surface area contributed by atoms with Crippen molar-refractivity contribution in [3.05, 3.63) is 38.9 Å². The number of fused-ring (bicyclic) bond motifs is 2. The second-order valence-electron chi connectivity index (χ2n) is 8.37. The summed E-state index contributed by atoms with van der Waals surface area (Å²) in [6.45, 7) is 0.415. The average molecular weight is 571 g/mol. The summed E-state index contributed by atoms with van der Waals surface area (Å²) in [5.41, 5.74) is -2.71. The lowest BCUT2D eigenvalue weighted by Gasteiger charge is -2.41. The van der Waals surface area contributed by atoms with Gasteiger partial charge in [0.2, 0.25) is 6.10 Å². The number of alkyl halides is 3. The largest absolute Gasteiger partial charge is 0.475 e. The molecule has 2 saturated heterocycles. The number of hydrogen-bond acceptors (Lipinski definition) is 8. The molecule has 0 saturated carbocycles. The van der Waals surface area contributed by atoms with Crippen molar-refractivity contribution < 1.29 is 66.3 Å². The van der Waals surface area contributed by atoms with Gasteiger partial charge in [0.05, 0.1) is 18.8 Å². The Morgan fingerprint density at radius 1 is 1.11 bits per heavy atom. The summed E-state index contributed by atoms with van der Waals surface area (Å²) in [6, 6.07) is -0.0773. The maximum absolute atomic E-state index is 13.8. The molecule has 5 atom stereocenters. The van der Waals surface area contributed by atoms with E-state index in [2.05, 4.69) is 4.84 Å². The molecule has 0 N–H and O–H groups in total. The van der Waals surface area contributed by atoms with E-state index in [1.54, 1.807) is 0 Å². The molecular formula is C19H17F8NO8S. The summed E-state index contributed by atoms with van der Waals surface area (Å²) in [6.07, 6.45) is -13.1. The van der Waals surface area contributed by atoms with Gasteiger partial charge in [0.1, 0.15) is 22.9 Å². The molecule has 3 heterocycles. The number of rotatable bonds is 6. The molecule has 9 nitrogen and oxygen atoms in total. The second kappa shape index (κ2) is 8.07. The van der Waals surface area contributed by atoms with Crippen LogP contribution in [0.3, 0.4) is 0 Å². The summed E-state index contributed by atoms with van der Waals surface area (Å²) < 4.78 is 129. The smallest absolute Gasteiger partial charge is 0.430 e. The Hall–Kier alpha value is -2.86. The molecule has 208 valence electrons. The Bertz CT molecular complexity index is 1170. The van der Waals surface area contributed by atoms with Gasteiger partial charge in [-0.1, -0.05) is 26.4 Å². The summed E-state index contributed by atoms with van der Waals surface area (Å²) in [5.74, 6) is -2.43. The molecule has 0 unspecified atom stereocenters. The molecule has 0 spiro atoms. The topological polar surface area (TPSA) is 106 Å². The van der Waals surface area contributed by atoms with Crippen molar-refractivity contribution in [3.63, 3.8) is 0 Å². The fourth-order valence-electron chi connectivity index (χ4n) is 4.19. The van der Waals surface area contributed by atoms with Gasteiger partial charge in [0.15, 0.2) is 12.2 Å². The predicted octanol–water partition coefficient (Wildman–Crippen LogP) is 4.90. The van der Waals surface area contributed by atoms with Gasteiger partial charge in [0.25, 0.3) is 5.09 Å². The number of hydrogen-bond donors (Lipinski definition) is 0. The third kappa shape index (κ3) is 5.40. The van der Waals surface area contributed by atoms with E-state index in [-0.39, 0.29) is 18.7 Å². The van der Waals surface area contributed by atoms with Crippen LogP contribution in [0.1, 0.15) is 18.1 Å². The van der Waals surface area contributed by atoms with Gasteiger partial charge in [-0.3, -0.25) is 0 Å². The van der Waals surface area contributed by atoms with Crippen molar-refractivity contribution in [2.45, 2.75) is 54.9 Å². The Kier molecular flexibility index (Phi) is 5.93. The minimum Gasteiger partial charge on any atom is -0.475 e. The van der Waals surface area contributed by atoms with Gasteiger partial charge in [-0.25, -0.2) is 4.79 Å². The zero-order chi connectivity index (χ0) is 27.6. The number of ether oxygens (including phenoxy) is 4. The van der Waals surface area contributed by atoms with Crippen molar-refractivity contribution in [2.75, 3.05) is 13.2 Å². The summed E-state index contributed by atoms with van der Waals surface area (Å²) >= 11 is 0. The van der Waals surface area contributed by atoms with Crippen molar-refractivity contribution in [1.29, 1.82) is 0 Å². The number of carbonyl (C=O) groups excluding carboxylic acids is 1. The highest BCUT2D eigenvalue weighted by Crippen LogP contribution is 3.02. The second-order valence-corrected chi connectivity index (χ2v) is 10.8. The first-order valence-electron chi connectivity index (χ1n) is 10.4. The van der Waals surface area contributed by atoms with E-state index in [1.165, 1.54) is 6.92 Å². The molecule has 4 rings (SSSR count). The number of halogens is 8. The van der Waals surface area contributed by atoms with Crippen LogP contribution in [-0.2, 0) is 30.3 Å². The quantitative estimate of drug-likeness (QED) is 0.206. The van der Waals surface area contributed by atoms with Gasteiger partial charge in [0, 0.05) is 5.56 Å². The lowest BCUT2D eigenvalue weighted by atomic mass is 9.98. The zero-order valence-corrected chi connectivity index (χ0v) is 19.2. The standard InChI is InChI=1S/C19H17F8NO8S/c1-2-8-3-10(37(23,24,25,26)27)4-9-5-11(17(19(20,21)22)35-14(8)9)18(29)34-12-6-32-16-13(36-28(30)31)7-33-15(12)16/h3-5,12-13,15-17H,2,6-7H2,1H3/t12-,13+,15+,16+,17-/m0/s1. The number of nitrogens with zero attached hydrogens (tertiary/aromatic N) is 1.